The van der Waals surface area contributed by atoms with Crippen molar-refractivity contribution >= 4 is 5.91 Å². The van der Waals surface area contributed by atoms with Crippen LogP contribution in [0.3, 0.4) is 0 Å². The minimum absolute atomic E-state index is 0.392. The minimum atomic E-state index is 0.392. The number of piperidine rings is 2. The molecule has 18 heavy (non-hydrogen) atoms. The van der Waals surface area contributed by atoms with Crippen LogP contribution in [0.15, 0.2) is 0 Å². The number of amides is 1. The molecule has 0 unspecified atom stereocenters. The molecule has 3 nitrogen and oxygen atoms in total. The summed E-state index contributed by atoms with van der Waals surface area (Å²) in [6, 6.07) is 1.16. The summed E-state index contributed by atoms with van der Waals surface area (Å²) in [5.41, 5.74) is 0. The standard InChI is InChI=1S/C15H28N2O/c1-11(2)9-17-14-7-8-16(12(3)4)10-13(14)5-6-15(17)18/h11-14H,5-10H2,1-4H3/t13-,14+/m1/s1. The van der Waals surface area contributed by atoms with Gasteiger partial charge in [-0.3, -0.25) is 4.79 Å². The topological polar surface area (TPSA) is 23.6 Å². The molecule has 0 bridgehead atoms. The second kappa shape index (κ2) is 5.60. The van der Waals surface area contributed by atoms with Gasteiger partial charge in [-0.25, -0.2) is 0 Å². The van der Waals surface area contributed by atoms with Crippen LogP contribution in [0, 0.1) is 11.8 Å². The van der Waals surface area contributed by atoms with E-state index in [1.165, 1.54) is 13.0 Å². The zero-order chi connectivity index (χ0) is 13.3. The van der Waals surface area contributed by atoms with Crippen molar-refractivity contribution in [2.24, 2.45) is 11.8 Å². The summed E-state index contributed by atoms with van der Waals surface area (Å²) >= 11 is 0. The summed E-state index contributed by atoms with van der Waals surface area (Å²) in [7, 11) is 0. The largest absolute Gasteiger partial charge is 0.339 e. The molecule has 2 aliphatic rings. The Morgan fingerprint density at radius 1 is 1.22 bits per heavy atom. The molecule has 2 heterocycles. The first-order valence-electron chi connectivity index (χ1n) is 7.52. The Morgan fingerprint density at radius 2 is 1.94 bits per heavy atom. The highest BCUT2D eigenvalue weighted by Gasteiger charge is 2.39. The molecule has 0 aromatic heterocycles. The van der Waals surface area contributed by atoms with E-state index in [1.807, 2.05) is 0 Å². The molecule has 2 fully saturated rings. The van der Waals surface area contributed by atoms with Crippen LogP contribution in [-0.4, -0.2) is 47.4 Å². The molecule has 0 saturated carbocycles. The molecule has 1 amide bonds. The Morgan fingerprint density at radius 3 is 2.56 bits per heavy atom. The number of nitrogens with zero attached hydrogens (tertiary/aromatic N) is 2. The van der Waals surface area contributed by atoms with Crippen LogP contribution in [0.5, 0.6) is 0 Å². The lowest BCUT2D eigenvalue weighted by molar-refractivity contribution is -0.142. The fourth-order valence-corrected chi connectivity index (χ4v) is 3.48. The Hall–Kier alpha value is -0.570. The summed E-state index contributed by atoms with van der Waals surface area (Å²) in [5.74, 6) is 1.68. The van der Waals surface area contributed by atoms with E-state index >= 15 is 0 Å². The maximum absolute atomic E-state index is 12.1. The molecule has 0 N–H and O–H groups in total. The molecule has 0 aliphatic carbocycles. The monoisotopic (exact) mass is 252 g/mol. The van der Waals surface area contributed by atoms with Crippen LogP contribution < -0.4 is 0 Å². The van der Waals surface area contributed by atoms with E-state index in [-0.39, 0.29) is 0 Å². The highest BCUT2D eigenvalue weighted by Crippen LogP contribution is 2.32. The van der Waals surface area contributed by atoms with Crippen molar-refractivity contribution in [3.8, 4) is 0 Å². The van der Waals surface area contributed by atoms with Gasteiger partial charge in [-0.15, -0.1) is 0 Å². The molecule has 0 spiro atoms. The van der Waals surface area contributed by atoms with Crippen LogP contribution in [0.2, 0.25) is 0 Å². The van der Waals surface area contributed by atoms with Gasteiger partial charge in [0.1, 0.15) is 0 Å². The SMILES string of the molecule is CC(C)CN1C(=O)CC[C@@H]2CN(C(C)C)CC[C@@H]21. The zero-order valence-electron chi connectivity index (χ0n) is 12.4. The van der Waals surface area contributed by atoms with Gasteiger partial charge in [0, 0.05) is 38.1 Å². The number of carbonyl (C=O) groups is 1. The average Bonchev–Trinajstić information content (AvgIpc) is 2.31. The summed E-state index contributed by atoms with van der Waals surface area (Å²) in [5, 5.41) is 0. The van der Waals surface area contributed by atoms with Crippen molar-refractivity contribution in [2.45, 2.75) is 59.0 Å². The van der Waals surface area contributed by atoms with Crippen LogP contribution >= 0.6 is 0 Å². The minimum Gasteiger partial charge on any atom is -0.339 e. The zero-order valence-corrected chi connectivity index (χ0v) is 12.4. The van der Waals surface area contributed by atoms with E-state index in [0.29, 0.717) is 29.8 Å². The van der Waals surface area contributed by atoms with Crippen LogP contribution in [-0.2, 0) is 4.79 Å². The predicted molar refractivity (Wildman–Crippen MR) is 74.4 cm³/mol. The van der Waals surface area contributed by atoms with Crippen molar-refractivity contribution in [1.29, 1.82) is 0 Å². The molecule has 104 valence electrons. The Bertz CT molecular complexity index is 301. The van der Waals surface area contributed by atoms with Gasteiger partial charge in [0.2, 0.25) is 5.91 Å². The fraction of sp³-hybridized carbons (Fsp3) is 0.933. The van der Waals surface area contributed by atoms with E-state index < -0.39 is 0 Å². The van der Waals surface area contributed by atoms with Crippen molar-refractivity contribution in [1.82, 2.24) is 9.80 Å². The van der Waals surface area contributed by atoms with Crippen molar-refractivity contribution in [2.75, 3.05) is 19.6 Å². The summed E-state index contributed by atoms with van der Waals surface area (Å²) in [4.78, 5) is 16.9. The third-order valence-electron chi connectivity index (χ3n) is 4.47. The van der Waals surface area contributed by atoms with Gasteiger partial charge in [-0.1, -0.05) is 13.8 Å². The van der Waals surface area contributed by atoms with E-state index in [2.05, 4.69) is 37.5 Å². The first-order chi connectivity index (χ1) is 8.49. The summed E-state index contributed by atoms with van der Waals surface area (Å²) < 4.78 is 0. The van der Waals surface area contributed by atoms with Crippen LogP contribution in [0.1, 0.15) is 47.0 Å². The molecular formula is C15H28N2O. The highest BCUT2D eigenvalue weighted by atomic mass is 16.2. The Kier molecular flexibility index (Phi) is 4.31. The maximum atomic E-state index is 12.1. The third-order valence-corrected chi connectivity index (χ3v) is 4.47. The molecule has 2 atom stereocenters. The van der Waals surface area contributed by atoms with Crippen LogP contribution in [0.4, 0.5) is 0 Å². The molecule has 0 radical (unpaired) electrons. The molecule has 3 heteroatoms. The quantitative estimate of drug-likeness (QED) is 0.770. The molecular weight excluding hydrogens is 224 g/mol. The van der Waals surface area contributed by atoms with Gasteiger partial charge in [0.05, 0.1) is 0 Å². The van der Waals surface area contributed by atoms with E-state index in [9.17, 15) is 4.79 Å². The number of hydrogen-bond donors (Lipinski definition) is 0. The van der Waals surface area contributed by atoms with Gasteiger partial charge < -0.3 is 9.80 Å². The van der Waals surface area contributed by atoms with Crippen molar-refractivity contribution in [3.05, 3.63) is 0 Å². The maximum Gasteiger partial charge on any atom is 0.222 e. The third kappa shape index (κ3) is 2.87. The summed E-state index contributed by atoms with van der Waals surface area (Å²) in [6.07, 6.45) is 3.03. The van der Waals surface area contributed by atoms with E-state index in [0.717, 1.165) is 25.9 Å². The molecule has 2 rings (SSSR count). The molecule has 2 saturated heterocycles. The number of hydrogen-bond acceptors (Lipinski definition) is 2. The normalized spacial score (nSPS) is 30.1. The molecule has 0 aromatic rings. The second-order valence-electron chi connectivity index (χ2n) is 6.68. The molecule has 0 aromatic carbocycles. The predicted octanol–water partition coefficient (Wildman–Crippen LogP) is 2.36. The summed E-state index contributed by atoms with van der Waals surface area (Å²) in [6.45, 7) is 12.3. The Labute approximate surface area is 112 Å². The van der Waals surface area contributed by atoms with Gasteiger partial charge >= 0.3 is 0 Å². The first-order valence-corrected chi connectivity index (χ1v) is 7.52. The lowest BCUT2D eigenvalue weighted by Gasteiger charge is -2.48. The fourth-order valence-electron chi connectivity index (χ4n) is 3.48. The Balaban J connectivity index is 2.03. The number of rotatable bonds is 3. The van der Waals surface area contributed by atoms with E-state index in [4.69, 9.17) is 0 Å². The van der Waals surface area contributed by atoms with Crippen molar-refractivity contribution in [3.63, 3.8) is 0 Å². The average molecular weight is 252 g/mol. The smallest absolute Gasteiger partial charge is 0.222 e. The van der Waals surface area contributed by atoms with E-state index in [1.54, 1.807) is 0 Å². The van der Waals surface area contributed by atoms with Gasteiger partial charge in [0.25, 0.3) is 0 Å². The number of carbonyl (C=O) groups excluding carboxylic acids is 1. The van der Waals surface area contributed by atoms with Crippen molar-refractivity contribution < 1.29 is 4.79 Å². The highest BCUT2D eigenvalue weighted by molar-refractivity contribution is 5.77. The molecule has 2 aliphatic heterocycles. The van der Waals surface area contributed by atoms with Gasteiger partial charge in [-0.2, -0.15) is 0 Å². The number of likely N-dealkylation sites (tertiary alicyclic amines) is 2. The van der Waals surface area contributed by atoms with Gasteiger partial charge in [0.15, 0.2) is 0 Å². The van der Waals surface area contributed by atoms with Crippen LogP contribution in [0.25, 0.3) is 0 Å². The second-order valence-corrected chi connectivity index (χ2v) is 6.68. The lowest BCUT2D eigenvalue weighted by Crippen LogP contribution is -2.57. The van der Waals surface area contributed by atoms with Gasteiger partial charge in [-0.05, 0) is 38.5 Å². The number of fused-ring (bicyclic) bond motifs is 1. The first kappa shape index (κ1) is 13.9. The lowest BCUT2D eigenvalue weighted by atomic mass is 9.82.